The van der Waals surface area contributed by atoms with E-state index in [-0.39, 0.29) is 17.6 Å². The minimum absolute atomic E-state index is 0.00393. The van der Waals surface area contributed by atoms with Crippen LogP contribution in [0.15, 0.2) is 54.6 Å². The van der Waals surface area contributed by atoms with E-state index in [9.17, 15) is 9.59 Å². The molecule has 3 rings (SSSR count). The number of anilines is 1. The van der Waals surface area contributed by atoms with Crippen LogP contribution in [0.3, 0.4) is 0 Å². The van der Waals surface area contributed by atoms with Gasteiger partial charge in [0, 0.05) is 22.7 Å². The van der Waals surface area contributed by atoms with Gasteiger partial charge in [0.1, 0.15) is 0 Å². The zero-order chi connectivity index (χ0) is 16.1. The highest BCUT2D eigenvalue weighted by atomic mass is 16.2. The van der Waals surface area contributed by atoms with Crippen molar-refractivity contribution in [3.8, 4) is 0 Å². The summed E-state index contributed by atoms with van der Waals surface area (Å²) in [5.74, 6) is 0.233. The Hall–Kier alpha value is -2.42. The molecular weight excluding hydrogens is 286 g/mol. The van der Waals surface area contributed by atoms with Crippen molar-refractivity contribution in [3.05, 3.63) is 65.7 Å². The normalized spacial score (nSPS) is 15.1. The van der Waals surface area contributed by atoms with Gasteiger partial charge in [-0.3, -0.25) is 9.59 Å². The van der Waals surface area contributed by atoms with Crippen molar-refractivity contribution >= 4 is 17.4 Å². The van der Waals surface area contributed by atoms with Crippen molar-refractivity contribution in [1.29, 1.82) is 0 Å². The highest BCUT2D eigenvalue weighted by Gasteiger charge is 2.21. The van der Waals surface area contributed by atoms with Crippen molar-refractivity contribution in [3.63, 3.8) is 0 Å². The van der Waals surface area contributed by atoms with Crippen molar-refractivity contribution in [1.82, 2.24) is 0 Å². The average molecular weight is 307 g/mol. The van der Waals surface area contributed by atoms with Crippen LogP contribution in [0.1, 0.15) is 48.0 Å². The first kappa shape index (κ1) is 15.5. The van der Waals surface area contributed by atoms with Crippen LogP contribution in [0.5, 0.6) is 0 Å². The van der Waals surface area contributed by atoms with Gasteiger partial charge in [-0.2, -0.15) is 0 Å². The second-order valence-electron chi connectivity index (χ2n) is 6.10. The number of hydrogen-bond donors (Lipinski definition) is 1. The lowest BCUT2D eigenvalue weighted by atomic mass is 9.88. The molecule has 0 spiro atoms. The summed E-state index contributed by atoms with van der Waals surface area (Å²) in [7, 11) is 0. The van der Waals surface area contributed by atoms with E-state index in [1.165, 1.54) is 6.42 Å². The standard InChI is InChI=1S/C20H21NO2/c22-19(15-7-3-1-4-8-15)16-11-13-18(14-12-16)21-20(23)17-9-5-2-6-10-17/h1,3-4,7-8,11-14,17H,2,5-6,9-10H2,(H,21,23). The van der Waals surface area contributed by atoms with Crippen molar-refractivity contribution < 1.29 is 9.59 Å². The third-order valence-electron chi connectivity index (χ3n) is 4.43. The smallest absolute Gasteiger partial charge is 0.227 e. The van der Waals surface area contributed by atoms with Gasteiger partial charge >= 0.3 is 0 Å². The fourth-order valence-corrected chi connectivity index (χ4v) is 3.07. The Morgan fingerprint density at radius 2 is 1.39 bits per heavy atom. The lowest BCUT2D eigenvalue weighted by Crippen LogP contribution is -2.24. The number of carbonyl (C=O) groups is 2. The fourth-order valence-electron chi connectivity index (χ4n) is 3.07. The third-order valence-corrected chi connectivity index (χ3v) is 4.43. The average Bonchev–Trinajstić information content (AvgIpc) is 2.63. The van der Waals surface area contributed by atoms with Gasteiger partial charge in [-0.1, -0.05) is 49.6 Å². The number of hydrogen-bond acceptors (Lipinski definition) is 2. The molecule has 0 unspecified atom stereocenters. The second kappa shape index (κ2) is 7.23. The maximum Gasteiger partial charge on any atom is 0.227 e. The number of ketones is 1. The van der Waals surface area contributed by atoms with Gasteiger partial charge in [-0.25, -0.2) is 0 Å². The van der Waals surface area contributed by atoms with E-state index >= 15 is 0 Å². The number of carbonyl (C=O) groups excluding carboxylic acids is 2. The Kier molecular flexibility index (Phi) is 4.86. The number of amides is 1. The van der Waals surface area contributed by atoms with Crippen LogP contribution in [0.2, 0.25) is 0 Å². The minimum Gasteiger partial charge on any atom is -0.326 e. The highest BCUT2D eigenvalue weighted by Crippen LogP contribution is 2.25. The van der Waals surface area contributed by atoms with Gasteiger partial charge in [-0.15, -0.1) is 0 Å². The first-order valence-electron chi connectivity index (χ1n) is 8.25. The molecule has 118 valence electrons. The predicted molar refractivity (Wildman–Crippen MR) is 91.5 cm³/mol. The highest BCUT2D eigenvalue weighted by molar-refractivity contribution is 6.09. The molecule has 1 fully saturated rings. The van der Waals surface area contributed by atoms with Crippen molar-refractivity contribution in [2.75, 3.05) is 5.32 Å². The molecular formula is C20H21NO2. The minimum atomic E-state index is -0.00393. The Balaban J connectivity index is 1.65. The molecule has 23 heavy (non-hydrogen) atoms. The summed E-state index contributed by atoms with van der Waals surface area (Å²) in [5.41, 5.74) is 2.06. The summed E-state index contributed by atoms with van der Waals surface area (Å²) in [6.45, 7) is 0. The maximum atomic E-state index is 12.3. The van der Waals surface area contributed by atoms with Gasteiger partial charge in [0.15, 0.2) is 5.78 Å². The summed E-state index contributed by atoms with van der Waals surface area (Å²) in [6.07, 6.45) is 5.48. The summed E-state index contributed by atoms with van der Waals surface area (Å²) in [6, 6.07) is 16.4. The van der Waals surface area contributed by atoms with Crippen LogP contribution < -0.4 is 5.32 Å². The molecule has 0 bridgehead atoms. The maximum absolute atomic E-state index is 12.3. The summed E-state index contributed by atoms with van der Waals surface area (Å²) in [5, 5.41) is 2.97. The molecule has 0 atom stereocenters. The van der Waals surface area contributed by atoms with E-state index in [4.69, 9.17) is 0 Å². The van der Waals surface area contributed by atoms with Crippen molar-refractivity contribution in [2.24, 2.45) is 5.92 Å². The van der Waals surface area contributed by atoms with E-state index in [1.807, 2.05) is 18.2 Å². The first-order chi connectivity index (χ1) is 11.2. The second-order valence-corrected chi connectivity index (χ2v) is 6.10. The molecule has 0 aromatic heterocycles. The van der Waals surface area contributed by atoms with Crippen LogP contribution in [-0.4, -0.2) is 11.7 Å². The van der Waals surface area contributed by atoms with Crippen LogP contribution in [0, 0.1) is 5.92 Å². The molecule has 1 aliphatic rings. The molecule has 3 nitrogen and oxygen atoms in total. The van der Waals surface area contributed by atoms with Gasteiger partial charge in [0.2, 0.25) is 5.91 Å². The summed E-state index contributed by atoms with van der Waals surface area (Å²) < 4.78 is 0. The molecule has 0 heterocycles. The zero-order valence-corrected chi connectivity index (χ0v) is 13.1. The van der Waals surface area contributed by atoms with Crippen LogP contribution >= 0.6 is 0 Å². The lowest BCUT2D eigenvalue weighted by molar-refractivity contribution is -0.120. The number of nitrogens with one attached hydrogen (secondary N) is 1. The molecule has 3 heteroatoms. The Morgan fingerprint density at radius 1 is 0.783 bits per heavy atom. The van der Waals surface area contributed by atoms with E-state index in [2.05, 4.69) is 5.32 Å². The zero-order valence-electron chi connectivity index (χ0n) is 13.1. The lowest BCUT2D eigenvalue weighted by Gasteiger charge is -2.20. The van der Waals surface area contributed by atoms with Crippen LogP contribution in [0.4, 0.5) is 5.69 Å². The predicted octanol–water partition coefficient (Wildman–Crippen LogP) is 4.44. The molecule has 1 aliphatic carbocycles. The molecule has 0 radical (unpaired) electrons. The van der Waals surface area contributed by atoms with E-state index in [0.717, 1.165) is 31.4 Å². The Bertz CT molecular complexity index is 671. The van der Waals surface area contributed by atoms with Gasteiger partial charge in [0.05, 0.1) is 0 Å². The molecule has 0 aliphatic heterocycles. The molecule has 0 saturated heterocycles. The van der Waals surface area contributed by atoms with Gasteiger partial charge < -0.3 is 5.32 Å². The largest absolute Gasteiger partial charge is 0.326 e. The Labute approximate surface area is 136 Å². The summed E-state index contributed by atoms with van der Waals surface area (Å²) >= 11 is 0. The van der Waals surface area contributed by atoms with E-state index < -0.39 is 0 Å². The third kappa shape index (κ3) is 3.86. The molecule has 1 saturated carbocycles. The molecule has 1 amide bonds. The topological polar surface area (TPSA) is 46.2 Å². The molecule has 2 aromatic rings. The Morgan fingerprint density at radius 3 is 2.04 bits per heavy atom. The van der Waals surface area contributed by atoms with Gasteiger partial charge in [-0.05, 0) is 37.1 Å². The van der Waals surface area contributed by atoms with E-state index in [1.54, 1.807) is 36.4 Å². The number of rotatable bonds is 4. The van der Waals surface area contributed by atoms with Crippen LogP contribution in [-0.2, 0) is 4.79 Å². The summed E-state index contributed by atoms with van der Waals surface area (Å²) in [4.78, 5) is 24.6. The molecule has 1 N–H and O–H groups in total. The van der Waals surface area contributed by atoms with Gasteiger partial charge in [0.25, 0.3) is 0 Å². The van der Waals surface area contributed by atoms with E-state index in [0.29, 0.717) is 11.1 Å². The first-order valence-corrected chi connectivity index (χ1v) is 8.25. The quantitative estimate of drug-likeness (QED) is 0.849. The fraction of sp³-hybridized carbons (Fsp3) is 0.300. The SMILES string of the molecule is O=C(c1ccccc1)c1ccc(NC(=O)C2CCCCC2)cc1. The van der Waals surface area contributed by atoms with Crippen LogP contribution in [0.25, 0.3) is 0 Å². The monoisotopic (exact) mass is 307 g/mol. The van der Waals surface area contributed by atoms with Crippen molar-refractivity contribution in [2.45, 2.75) is 32.1 Å². The number of benzene rings is 2. The molecule has 2 aromatic carbocycles.